The molecule has 0 aliphatic heterocycles. The summed E-state index contributed by atoms with van der Waals surface area (Å²) in [4.78, 5) is 4.46. The van der Waals surface area contributed by atoms with Crippen molar-refractivity contribution in [2.24, 2.45) is 0 Å². The molecule has 0 spiro atoms. The van der Waals surface area contributed by atoms with Gasteiger partial charge in [-0.3, -0.25) is 5.43 Å². The number of rotatable bonds is 5. The molecule has 0 amide bonds. The van der Waals surface area contributed by atoms with Crippen molar-refractivity contribution in [3.8, 4) is 0 Å². The van der Waals surface area contributed by atoms with Crippen molar-refractivity contribution in [2.75, 3.05) is 12.0 Å². The minimum atomic E-state index is 0.937. The van der Waals surface area contributed by atoms with E-state index in [1.54, 1.807) is 11.3 Å². The van der Waals surface area contributed by atoms with Crippen molar-refractivity contribution in [1.29, 1.82) is 0 Å². The molecule has 0 saturated carbocycles. The second-order valence-corrected chi connectivity index (χ2v) is 4.42. The van der Waals surface area contributed by atoms with Crippen LogP contribution in [-0.2, 0) is 0 Å². The maximum atomic E-state index is 4.46. The number of para-hydroxylation sites is 1. The van der Waals surface area contributed by atoms with E-state index in [1.807, 2.05) is 18.2 Å². The van der Waals surface area contributed by atoms with Gasteiger partial charge < -0.3 is 0 Å². The molecule has 0 atom stereocenters. The van der Waals surface area contributed by atoms with Crippen molar-refractivity contribution in [1.82, 2.24) is 10.4 Å². The van der Waals surface area contributed by atoms with Crippen LogP contribution in [0, 0.1) is 0 Å². The number of thiazole rings is 1. The van der Waals surface area contributed by atoms with Gasteiger partial charge in [0.1, 0.15) is 0 Å². The Hall–Kier alpha value is -1.13. The predicted octanol–water partition coefficient (Wildman–Crippen LogP) is 3.01. The lowest BCUT2D eigenvalue weighted by molar-refractivity contribution is 0.703. The van der Waals surface area contributed by atoms with E-state index in [0.29, 0.717) is 0 Å². The zero-order valence-electron chi connectivity index (χ0n) is 8.79. The SMILES string of the molecule is CCCCNNc1nc2ccccc2s1. The Morgan fingerprint density at radius 1 is 1.33 bits per heavy atom. The number of unbranched alkanes of at least 4 members (excludes halogenated alkanes) is 1. The maximum absolute atomic E-state index is 4.46. The highest BCUT2D eigenvalue weighted by Crippen LogP contribution is 2.24. The van der Waals surface area contributed by atoms with Gasteiger partial charge >= 0.3 is 0 Å². The van der Waals surface area contributed by atoms with E-state index in [4.69, 9.17) is 0 Å². The first-order chi connectivity index (χ1) is 7.40. The Bertz CT molecular complexity index is 391. The molecule has 0 aliphatic carbocycles. The smallest absolute Gasteiger partial charge is 0.198 e. The number of hydrogen-bond acceptors (Lipinski definition) is 4. The fourth-order valence-electron chi connectivity index (χ4n) is 1.33. The van der Waals surface area contributed by atoms with Crippen LogP contribution in [0.5, 0.6) is 0 Å². The third-order valence-electron chi connectivity index (χ3n) is 2.14. The highest BCUT2D eigenvalue weighted by Gasteiger charge is 2.00. The van der Waals surface area contributed by atoms with Crippen LogP contribution >= 0.6 is 11.3 Å². The van der Waals surface area contributed by atoms with Gasteiger partial charge in [-0.2, -0.15) is 0 Å². The lowest BCUT2D eigenvalue weighted by Gasteiger charge is -2.02. The van der Waals surface area contributed by atoms with Crippen LogP contribution in [0.15, 0.2) is 24.3 Å². The van der Waals surface area contributed by atoms with Crippen LogP contribution in [0.3, 0.4) is 0 Å². The molecule has 2 aromatic rings. The van der Waals surface area contributed by atoms with Gasteiger partial charge in [0.15, 0.2) is 5.13 Å². The summed E-state index contributed by atoms with van der Waals surface area (Å²) >= 11 is 1.67. The van der Waals surface area contributed by atoms with Gasteiger partial charge in [-0.1, -0.05) is 36.8 Å². The molecule has 0 radical (unpaired) electrons. The quantitative estimate of drug-likeness (QED) is 0.602. The summed E-state index contributed by atoms with van der Waals surface area (Å²) in [6.07, 6.45) is 2.38. The molecule has 15 heavy (non-hydrogen) atoms. The van der Waals surface area contributed by atoms with Gasteiger partial charge in [-0.15, -0.1) is 0 Å². The molecule has 3 nitrogen and oxygen atoms in total. The molecule has 1 heterocycles. The molecule has 1 aromatic heterocycles. The molecule has 0 unspecified atom stereocenters. The second kappa shape index (κ2) is 5.09. The van der Waals surface area contributed by atoms with Crippen LogP contribution in [0.4, 0.5) is 5.13 Å². The molecule has 1 aromatic carbocycles. The summed E-state index contributed by atoms with van der Waals surface area (Å²) in [6, 6.07) is 8.17. The number of nitrogens with zero attached hydrogens (tertiary/aromatic N) is 1. The van der Waals surface area contributed by atoms with Gasteiger partial charge in [0, 0.05) is 6.54 Å². The van der Waals surface area contributed by atoms with E-state index in [0.717, 1.165) is 17.2 Å². The highest BCUT2D eigenvalue weighted by molar-refractivity contribution is 7.22. The molecule has 4 heteroatoms. The number of hydrazine groups is 1. The second-order valence-electron chi connectivity index (χ2n) is 3.39. The number of benzene rings is 1. The van der Waals surface area contributed by atoms with Crippen LogP contribution in [-0.4, -0.2) is 11.5 Å². The van der Waals surface area contributed by atoms with Gasteiger partial charge in [-0.25, -0.2) is 10.4 Å². The summed E-state index contributed by atoms with van der Waals surface area (Å²) < 4.78 is 1.22. The van der Waals surface area contributed by atoms with Crippen LogP contribution in [0.2, 0.25) is 0 Å². The summed E-state index contributed by atoms with van der Waals surface area (Å²) in [5, 5.41) is 0.937. The summed E-state index contributed by atoms with van der Waals surface area (Å²) in [7, 11) is 0. The van der Waals surface area contributed by atoms with E-state index < -0.39 is 0 Å². The molecular weight excluding hydrogens is 206 g/mol. The first-order valence-corrected chi connectivity index (χ1v) is 6.06. The topological polar surface area (TPSA) is 37.0 Å². The third-order valence-corrected chi connectivity index (χ3v) is 3.10. The zero-order chi connectivity index (χ0) is 10.5. The largest absolute Gasteiger partial charge is 0.297 e. The average Bonchev–Trinajstić information content (AvgIpc) is 2.67. The van der Waals surface area contributed by atoms with Crippen molar-refractivity contribution in [3.05, 3.63) is 24.3 Å². The van der Waals surface area contributed by atoms with E-state index in [9.17, 15) is 0 Å². The molecular formula is C11H15N3S. The Morgan fingerprint density at radius 3 is 3.00 bits per heavy atom. The Labute approximate surface area is 93.5 Å². The summed E-state index contributed by atoms with van der Waals surface area (Å²) in [6.45, 7) is 3.16. The van der Waals surface area contributed by atoms with Gasteiger partial charge in [0.2, 0.25) is 0 Å². The van der Waals surface area contributed by atoms with E-state index >= 15 is 0 Å². The summed E-state index contributed by atoms with van der Waals surface area (Å²) in [5.74, 6) is 0. The number of fused-ring (bicyclic) bond motifs is 1. The molecule has 0 fully saturated rings. The van der Waals surface area contributed by atoms with Crippen molar-refractivity contribution < 1.29 is 0 Å². The molecule has 0 aliphatic rings. The standard InChI is InChI=1S/C11H15N3S/c1-2-3-8-12-14-11-13-9-6-4-5-7-10(9)15-11/h4-7,12H,2-3,8H2,1H3,(H,13,14). The normalized spacial score (nSPS) is 10.7. The van der Waals surface area contributed by atoms with Crippen molar-refractivity contribution in [2.45, 2.75) is 19.8 Å². The van der Waals surface area contributed by atoms with Crippen LogP contribution < -0.4 is 10.9 Å². The Kier molecular flexibility index (Phi) is 3.53. The third kappa shape index (κ3) is 2.67. The minimum absolute atomic E-state index is 0.937. The minimum Gasteiger partial charge on any atom is -0.297 e. The lowest BCUT2D eigenvalue weighted by atomic mass is 10.3. The fourth-order valence-corrected chi connectivity index (χ4v) is 2.17. The fraction of sp³-hybridized carbons (Fsp3) is 0.364. The highest BCUT2D eigenvalue weighted by atomic mass is 32.1. The van der Waals surface area contributed by atoms with Gasteiger partial charge in [-0.05, 0) is 18.6 Å². The van der Waals surface area contributed by atoms with Gasteiger partial charge in [0.05, 0.1) is 10.2 Å². The maximum Gasteiger partial charge on any atom is 0.198 e. The molecule has 2 rings (SSSR count). The van der Waals surface area contributed by atoms with Gasteiger partial charge in [0.25, 0.3) is 0 Å². The van der Waals surface area contributed by atoms with Crippen LogP contribution in [0.25, 0.3) is 10.2 Å². The number of hydrogen-bond donors (Lipinski definition) is 2. The number of nitrogens with one attached hydrogen (secondary N) is 2. The Morgan fingerprint density at radius 2 is 2.20 bits per heavy atom. The summed E-state index contributed by atoms with van der Waals surface area (Å²) in [5.41, 5.74) is 7.35. The van der Waals surface area contributed by atoms with E-state index in [1.165, 1.54) is 17.5 Å². The molecule has 2 N–H and O–H groups in total. The first-order valence-electron chi connectivity index (χ1n) is 5.24. The van der Waals surface area contributed by atoms with Crippen LogP contribution in [0.1, 0.15) is 19.8 Å². The number of anilines is 1. The Balaban J connectivity index is 1.97. The molecule has 80 valence electrons. The van der Waals surface area contributed by atoms with E-state index in [2.05, 4.69) is 28.8 Å². The lowest BCUT2D eigenvalue weighted by Crippen LogP contribution is -2.22. The first kappa shape index (κ1) is 10.4. The van der Waals surface area contributed by atoms with Crippen molar-refractivity contribution >= 4 is 26.7 Å². The van der Waals surface area contributed by atoms with E-state index in [-0.39, 0.29) is 0 Å². The molecule has 0 bridgehead atoms. The van der Waals surface area contributed by atoms with Crippen molar-refractivity contribution in [3.63, 3.8) is 0 Å². The monoisotopic (exact) mass is 221 g/mol. The number of aromatic nitrogens is 1. The zero-order valence-corrected chi connectivity index (χ0v) is 9.60. The predicted molar refractivity (Wildman–Crippen MR) is 66.2 cm³/mol. The molecule has 0 saturated heterocycles. The average molecular weight is 221 g/mol.